The average Bonchev–Trinajstić information content (AvgIpc) is 4.10. The molecule has 19 nitrogen and oxygen atoms in total. The number of methoxy groups -OCH3 is 1. The third-order valence-corrected chi connectivity index (χ3v) is 20.8. The maximum absolute atomic E-state index is 13.8. The maximum atomic E-state index is 13.8. The summed E-state index contributed by atoms with van der Waals surface area (Å²) in [7, 11) is 1.59. The first-order chi connectivity index (χ1) is 35.4. The van der Waals surface area contributed by atoms with Crippen molar-refractivity contribution in [3.05, 3.63) is 47.6 Å². The number of carboxylic acid groups (broad SMARTS) is 1. The predicted octanol–water partition coefficient (Wildman–Crippen LogP) is 2.84. The molecule has 23 atom stereocenters. The number of carbonyl (C=O) groups excluding carboxylic acids is 1. The number of carboxylic acids is 1. The van der Waals surface area contributed by atoms with Gasteiger partial charge in [-0.3, -0.25) is 4.79 Å². The molecule has 3 aliphatic heterocycles. The number of carbonyl (C=O) groups is 2. The van der Waals surface area contributed by atoms with Crippen molar-refractivity contribution >= 4 is 18.0 Å². The molecule has 0 amide bonds. The van der Waals surface area contributed by atoms with Crippen LogP contribution in [0.1, 0.15) is 105 Å². The molecule has 8 fully saturated rings. The number of hydrogen-bond donors (Lipinski definition) is 9. The number of fused-ring (bicyclic) bond motifs is 5. The largest absolute Gasteiger partial charge is 0.497 e. The van der Waals surface area contributed by atoms with E-state index in [1.165, 1.54) is 11.6 Å². The third kappa shape index (κ3) is 8.95. The highest BCUT2D eigenvalue weighted by Crippen LogP contribution is 2.85. The van der Waals surface area contributed by atoms with Crippen molar-refractivity contribution in [1.29, 1.82) is 0 Å². The number of aliphatic carboxylic acids is 1. The zero-order valence-corrected chi connectivity index (χ0v) is 44.1. The van der Waals surface area contributed by atoms with Gasteiger partial charge in [0.2, 0.25) is 0 Å². The van der Waals surface area contributed by atoms with Crippen molar-refractivity contribution in [1.82, 2.24) is 0 Å². The zero-order chi connectivity index (χ0) is 53.9. The molecule has 1 aromatic rings. The number of rotatable bonds is 12. The lowest BCUT2D eigenvalue weighted by Crippen LogP contribution is -2.66. The van der Waals surface area contributed by atoms with Crippen LogP contribution in [0.5, 0.6) is 5.75 Å². The van der Waals surface area contributed by atoms with Gasteiger partial charge in [-0.1, -0.05) is 65.3 Å². The molecule has 9 aliphatic rings. The van der Waals surface area contributed by atoms with E-state index < -0.39 is 127 Å². The third-order valence-electron chi connectivity index (χ3n) is 20.8. The van der Waals surface area contributed by atoms with Gasteiger partial charge in [-0.2, -0.15) is 0 Å². The van der Waals surface area contributed by atoms with Crippen LogP contribution < -0.4 is 4.74 Å². The van der Waals surface area contributed by atoms with Crippen molar-refractivity contribution in [3.8, 4) is 5.75 Å². The molecule has 19 heteroatoms. The first kappa shape index (κ1) is 55.2. The number of ether oxygens (including phenoxy) is 8. The fourth-order valence-corrected chi connectivity index (χ4v) is 16.6. The van der Waals surface area contributed by atoms with Gasteiger partial charge in [0.1, 0.15) is 72.9 Å². The van der Waals surface area contributed by atoms with Crippen molar-refractivity contribution < 1.29 is 93.4 Å². The topological polar surface area (TPSA) is 290 Å². The minimum Gasteiger partial charge on any atom is -0.497 e. The molecule has 0 bridgehead atoms. The van der Waals surface area contributed by atoms with Crippen LogP contribution in [-0.4, -0.2) is 177 Å². The van der Waals surface area contributed by atoms with Gasteiger partial charge in [0, 0.05) is 23.3 Å². The number of aliphatic hydroxyl groups is 8. The summed E-state index contributed by atoms with van der Waals surface area (Å²) in [5, 5.41) is 96.9. The van der Waals surface area contributed by atoms with E-state index in [0.29, 0.717) is 25.0 Å². The minimum atomic E-state index is -1.78. The van der Waals surface area contributed by atoms with Gasteiger partial charge in [0.25, 0.3) is 0 Å². The summed E-state index contributed by atoms with van der Waals surface area (Å²) in [6, 6.07) is 7.33. The van der Waals surface area contributed by atoms with E-state index >= 15 is 0 Å². The number of aliphatic hydroxyl groups excluding tert-OH is 8. The fraction of sp³-hybridized carbons (Fsp3) is 0.786. The molecule has 9 N–H and O–H groups in total. The molecule has 0 radical (unpaired) electrons. The number of allylic oxidation sites excluding steroid dienone is 2. The second-order valence-electron chi connectivity index (χ2n) is 25.4. The number of benzene rings is 1. The normalized spacial score (nSPS) is 48.7. The van der Waals surface area contributed by atoms with Crippen LogP contribution in [0.3, 0.4) is 0 Å². The molecule has 3 saturated heterocycles. The summed E-state index contributed by atoms with van der Waals surface area (Å²) in [6.07, 6.45) is -8.85. The van der Waals surface area contributed by atoms with E-state index in [1.807, 2.05) is 24.3 Å². The lowest BCUT2D eigenvalue weighted by molar-refractivity contribution is -0.377. The molecule has 0 aromatic heterocycles. The molecule has 0 unspecified atom stereocenters. The zero-order valence-electron chi connectivity index (χ0n) is 44.1. The first-order valence-electron chi connectivity index (χ1n) is 27.1. The summed E-state index contributed by atoms with van der Waals surface area (Å²) in [5.74, 6) is -0.189. The quantitative estimate of drug-likeness (QED) is 0.0630. The highest BCUT2D eigenvalue weighted by atomic mass is 16.8. The summed E-state index contributed by atoms with van der Waals surface area (Å²) in [5.41, 5.74) is -0.312. The second kappa shape index (κ2) is 19.9. The Morgan fingerprint density at radius 3 is 2.12 bits per heavy atom. The Balaban J connectivity index is 0.841. The lowest BCUT2D eigenvalue weighted by Gasteiger charge is -2.69. The molecular weight excluding hydrogens is 977 g/mol. The lowest BCUT2D eigenvalue weighted by atomic mass is 9.36. The van der Waals surface area contributed by atoms with Gasteiger partial charge in [-0.05, 0) is 115 Å². The Morgan fingerprint density at radius 2 is 1.43 bits per heavy atom. The molecule has 3 heterocycles. The molecule has 75 heavy (non-hydrogen) atoms. The first-order valence-corrected chi connectivity index (χ1v) is 27.1. The minimum absolute atomic E-state index is 0.108. The maximum Gasteiger partial charge on any atom is 0.331 e. The molecule has 6 aliphatic carbocycles. The monoisotopic (exact) mass is 1060 g/mol. The SMILES string of the molecule is COc1ccc(C=CC(=O)O[C@H]2C[C@]3(C(=O)O)C[C@@H]4C[C@]45C(=CC[C@@H]4[C@@]6(C)CC[C@H](O[C@@H]7O[C@H](CO)[C@@H](O)[C@H](O)[C@H]7O[C@@H]7OC[C@@H](O[C@@H]8OC[C@@H](O)[C@H](O)[C@H]8O)[C@H](O)[C@H]7O)C(C)(C)[C@@H]6CC[C@]45C)[C@@H]3CC2(C)C)cc1. The highest BCUT2D eigenvalue weighted by Gasteiger charge is 2.79. The van der Waals surface area contributed by atoms with Crippen LogP contribution in [-0.2, 0) is 42.7 Å². The van der Waals surface area contributed by atoms with Gasteiger partial charge in [0.05, 0.1) is 38.4 Å². The van der Waals surface area contributed by atoms with Crippen LogP contribution in [0.2, 0.25) is 0 Å². The Labute approximate surface area is 438 Å². The van der Waals surface area contributed by atoms with Gasteiger partial charge in [0.15, 0.2) is 18.9 Å². The van der Waals surface area contributed by atoms with Gasteiger partial charge in [-0.25, -0.2) is 4.79 Å². The van der Waals surface area contributed by atoms with Crippen molar-refractivity contribution in [3.63, 3.8) is 0 Å². The summed E-state index contributed by atoms with van der Waals surface area (Å²) in [6.45, 7) is 12.1. The number of esters is 1. The Kier molecular flexibility index (Phi) is 14.6. The van der Waals surface area contributed by atoms with E-state index in [1.54, 1.807) is 13.2 Å². The van der Waals surface area contributed by atoms with E-state index in [2.05, 4.69) is 47.6 Å². The van der Waals surface area contributed by atoms with Gasteiger partial charge in [-0.15, -0.1) is 0 Å². The fourth-order valence-electron chi connectivity index (χ4n) is 16.6. The standard InChI is InChI=1S/C56H80O19/c1-51(2)22-31-30-13-14-36-53(5)18-17-37(74-49-46(43(63)41(61)33(24-57)71-49)75-48-45(65)42(62)34(26-70-48)72-47-44(64)40(60)32(58)25-69-47)52(3,4)35(53)16-19-54(36,6)56(30)21-28(56)20-55(31,50(66)67)23-38(51)73-39(59)15-10-27-8-11-29(68-7)12-9-27/h8-13,15,28,31-38,40-49,57-58,60-65H,14,16-26H2,1-7H3,(H,66,67)/t28-,31+,32-,33-,34-,35+,36-,37+,38+,40+,41-,42+,43+,44-,45-,46-,47+,48+,49+,53+,54-,55-,56-/m1/s1. The summed E-state index contributed by atoms with van der Waals surface area (Å²) < 4.78 is 47.4. The van der Waals surface area contributed by atoms with E-state index in [4.69, 9.17) is 37.9 Å². The van der Waals surface area contributed by atoms with Gasteiger partial charge >= 0.3 is 11.9 Å². The molecule has 1 spiro atoms. The van der Waals surface area contributed by atoms with Crippen LogP contribution >= 0.6 is 0 Å². The Hall–Kier alpha value is -3.12. The predicted molar refractivity (Wildman–Crippen MR) is 264 cm³/mol. The van der Waals surface area contributed by atoms with Crippen LogP contribution in [0.15, 0.2) is 42.0 Å². The molecule has 10 rings (SSSR count). The van der Waals surface area contributed by atoms with Crippen molar-refractivity contribution in [2.45, 2.75) is 191 Å². The van der Waals surface area contributed by atoms with E-state index in [9.17, 15) is 55.5 Å². The Bertz CT molecular complexity index is 2340. The van der Waals surface area contributed by atoms with Crippen LogP contribution in [0.25, 0.3) is 6.08 Å². The number of hydrogen-bond acceptors (Lipinski definition) is 18. The van der Waals surface area contributed by atoms with Crippen molar-refractivity contribution in [2.24, 2.45) is 56.2 Å². The highest BCUT2D eigenvalue weighted by molar-refractivity contribution is 5.87. The molecule has 5 saturated carbocycles. The van der Waals surface area contributed by atoms with E-state index in [0.717, 1.165) is 37.7 Å². The molecule has 1 aromatic carbocycles. The molecular formula is C56H80O19. The Morgan fingerprint density at radius 1 is 0.733 bits per heavy atom. The second-order valence-corrected chi connectivity index (χ2v) is 25.4. The molecule has 418 valence electrons. The van der Waals surface area contributed by atoms with E-state index in [-0.39, 0.29) is 59.6 Å². The summed E-state index contributed by atoms with van der Waals surface area (Å²) >= 11 is 0. The van der Waals surface area contributed by atoms with Gasteiger partial charge < -0.3 is 83.9 Å². The van der Waals surface area contributed by atoms with Crippen LogP contribution in [0.4, 0.5) is 0 Å². The van der Waals surface area contributed by atoms with Crippen LogP contribution in [0, 0.1) is 56.2 Å². The van der Waals surface area contributed by atoms with Crippen molar-refractivity contribution in [2.75, 3.05) is 26.9 Å². The summed E-state index contributed by atoms with van der Waals surface area (Å²) in [4.78, 5) is 27.2. The smallest absolute Gasteiger partial charge is 0.331 e. The average molecular weight is 1060 g/mol.